The van der Waals surface area contributed by atoms with Gasteiger partial charge in [-0.1, -0.05) is 248 Å². The second-order valence-electron chi connectivity index (χ2n) is 32.7. The molecule has 115 heavy (non-hydrogen) atoms. The summed E-state index contributed by atoms with van der Waals surface area (Å²) in [6.07, 6.45) is 7.56. The molecule has 14 aromatic carbocycles. The fraction of sp³-hybridized carbons (Fsp3) is 0.119. The van der Waals surface area contributed by atoms with Crippen molar-refractivity contribution in [3.63, 3.8) is 0 Å². The summed E-state index contributed by atoms with van der Waals surface area (Å²) in [6.45, 7) is 18.2. The first kappa shape index (κ1) is 74.1. The van der Waals surface area contributed by atoms with E-state index in [2.05, 4.69) is 371 Å². The second-order valence-corrected chi connectivity index (χ2v) is 33.6. The van der Waals surface area contributed by atoms with Crippen molar-refractivity contribution in [2.24, 2.45) is 0 Å². The molecule has 0 radical (unpaired) electrons. The van der Waals surface area contributed by atoms with Crippen LogP contribution >= 0.6 is 15.9 Å². The molecule has 8 aromatic heterocycles. The van der Waals surface area contributed by atoms with Crippen LogP contribution in [0, 0.1) is 0 Å². The zero-order valence-electron chi connectivity index (χ0n) is 65.7. The van der Waals surface area contributed by atoms with E-state index < -0.39 is 5.60 Å². The van der Waals surface area contributed by atoms with Gasteiger partial charge in [0, 0.05) is 81.6 Å². The van der Waals surface area contributed by atoms with Crippen LogP contribution in [0.15, 0.2) is 314 Å². The number of pyridine rings is 1. The number of halogens is 1. The first-order chi connectivity index (χ1) is 55.1. The fourth-order valence-electron chi connectivity index (χ4n) is 16.0. The van der Waals surface area contributed by atoms with Crippen LogP contribution in [0.2, 0.25) is 0 Å². The van der Waals surface area contributed by atoms with Crippen LogP contribution < -0.4 is 34.7 Å². The van der Waals surface area contributed by atoms with Crippen LogP contribution in [0.25, 0.3) is 192 Å². The van der Waals surface area contributed by atoms with E-state index in [0.29, 0.717) is 0 Å². The van der Waals surface area contributed by atoms with Crippen LogP contribution in [0.3, 0.4) is 0 Å². The number of aromatic amines is 1. The molecule has 0 amide bonds. The summed E-state index contributed by atoms with van der Waals surface area (Å²) in [7, 11) is 0. The normalized spacial score (nSPS) is 12.1. The minimum atomic E-state index is -0.750. The Morgan fingerprint density at radius 2 is 0.739 bits per heavy atom. The summed E-state index contributed by atoms with van der Waals surface area (Å²) in [6, 6.07) is 101. The number of rotatable bonds is 5. The third kappa shape index (κ3) is 14.1. The summed E-state index contributed by atoms with van der Waals surface area (Å²) in [5, 5.41) is 38.6. The summed E-state index contributed by atoms with van der Waals surface area (Å²) in [4.78, 5) is 27.9. The molecule has 22 aromatic rings. The van der Waals surface area contributed by atoms with Gasteiger partial charge in [-0.25, -0.2) is 15.0 Å². The van der Waals surface area contributed by atoms with Gasteiger partial charge < -0.3 is 14.7 Å². The van der Waals surface area contributed by atoms with Gasteiger partial charge in [-0.05, 0) is 180 Å². The van der Waals surface area contributed by atoms with Gasteiger partial charge in [0.2, 0.25) is 0 Å². The summed E-state index contributed by atoms with van der Waals surface area (Å²) in [5.74, 6) is 1.77. The molecule has 552 valence electrons. The molecule has 8 heterocycles. The zero-order valence-corrected chi connectivity index (χ0v) is 69.3. The third-order valence-corrected chi connectivity index (χ3v) is 22.1. The van der Waals surface area contributed by atoms with Crippen molar-refractivity contribution in [1.29, 1.82) is 0 Å². The van der Waals surface area contributed by atoms with Gasteiger partial charge in [-0.15, -0.1) is 10.7 Å². The van der Waals surface area contributed by atoms with Crippen molar-refractivity contribution < 1.29 is 34.7 Å². The van der Waals surface area contributed by atoms with Crippen molar-refractivity contribution in [2.75, 3.05) is 0 Å². The Balaban J connectivity index is 0.000000127. The molecule has 22 rings (SSSR count). The third-order valence-electron chi connectivity index (χ3n) is 21.6. The molecule has 0 atom stereocenters. The Morgan fingerprint density at radius 1 is 0.322 bits per heavy atom. The molecule has 14 heteroatoms. The maximum Gasteiger partial charge on any atom is 1.00 e. The number of hydrogen-bond acceptors (Lipinski definition) is 8. The van der Waals surface area contributed by atoms with E-state index in [4.69, 9.17) is 25.0 Å². The monoisotopic (exact) mass is 1560 g/mol. The largest absolute Gasteiger partial charge is 1.00 e. The number of fused-ring (bicyclic) bond motifs is 18. The molecule has 0 unspecified atom stereocenters. The molecule has 0 aliphatic heterocycles. The van der Waals surface area contributed by atoms with Gasteiger partial charge in [0.25, 0.3) is 0 Å². The van der Waals surface area contributed by atoms with E-state index >= 15 is 0 Å². The van der Waals surface area contributed by atoms with Crippen LogP contribution in [-0.2, 0) is 10.8 Å². The number of hydrogen-bond donors (Lipinski definition) is 1. The number of H-pyrrole nitrogens is 1. The number of benzene rings is 14. The van der Waals surface area contributed by atoms with Gasteiger partial charge >= 0.3 is 29.6 Å². The molecule has 0 bridgehead atoms. The Hall–Kier alpha value is -12.3. The van der Waals surface area contributed by atoms with Gasteiger partial charge in [0.1, 0.15) is 5.82 Å². The molecule has 0 aliphatic carbocycles. The van der Waals surface area contributed by atoms with Crippen LogP contribution in [0.1, 0.15) is 73.4 Å². The number of nitrogens with one attached hydrogen (secondary N) is 1. The van der Waals surface area contributed by atoms with E-state index in [0.717, 1.165) is 116 Å². The van der Waals surface area contributed by atoms with E-state index in [1.807, 2.05) is 24.8 Å². The van der Waals surface area contributed by atoms with Crippen molar-refractivity contribution >= 4 is 168 Å². The van der Waals surface area contributed by atoms with Crippen LogP contribution in [-0.4, -0.2) is 59.4 Å². The smallest absolute Gasteiger partial charge is 0.850 e. The quantitative estimate of drug-likeness (QED) is 0.133. The Kier molecular flexibility index (Phi) is 18.9. The summed E-state index contributed by atoms with van der Waals surface area (Å²) >= 11 is 3.61. The second kappa shape index (κ2) is 29.3. The molecule has 0 spiro atoms. The van der Waals surface area contributed by atoms with E-state index in [9.17, 15) is 5.11 Å². The number of para-hydroxylation sites is 2. The first-order valence-corrected chi connectivity index (χ1v) is 39.4. The van der Waals surface area contributed by atoms with Crippen molar-refractivity contribution in [3.05, 3.63) is 326 Å². The molecule has 0 saturated carbocycles. The molecule has 1 N–H and O–H groups in total. The average molecular weight is 1570 g/mol. The van der Waals surface area contributed by atoms with Gasteiger partial charge in [0.05, 0.1) is 85.1 Å². The van der Waals surface area contributed by atoms with Crippen molar-refractivity contribution in [1.82, 2.24) is 53.8 Å². The van der Waals surface area contributed by atoms with Gasteiger partial charge in [-0.2, -0.15) is 5.10 Å². The topological polar surface area (TPSA) is 144 Å². The Labute approximate surface area is 695 Å². The summed E-state index contributed by atoms with van der Waals surface area (Å²) in [5.41, 5.74) is 19.2. The number of aromatic nitrogens is 11. The molecule has 0 aliphatic rings. The molecule has 0 fully saturated rings. The summed E-state index contributed by atoms with van der Waals surface area (Å²) < 4.78 is 8.00. The van der Waals surface area contributed by atoms with Gasteiger partial charge in [-0.3, -0.25) is 19.1 Å². The molecule has 0 saturated heterocycles. The van der Waals surface area contributed by atoms with E-state index in [-0.39, 0.29) is 40.4 Å². The molecular formula is C101H79BrN11NaO. The number of nitrogens with zero attached hydrogens (tertiary/aromatic N) is 10. The Morgan fingerprint density at radius 3 is 1.31 bits per heavy atom. The van der Waals surface area contributed by atoms with Gasteiger partial charge in [0.15, 0.2) is 5.82 Å². The predicted octanol–water partition coefficient (Wildman–Crippen LogP) is 22.5. The van der Waals surface area contributed by atoms with E-state index in [1.54, 1.807) is 20.8 Å². The minimum absolute atomic E-state index is 0. The standard InChI is InChI=1S/C48H34N6.C28H17N3.C21H19BrN2.C4H9O.Na/c1-48(2,3)34-25-47(52-50-27-34)54-43-15-9-8-14-36(43)37-19-17-35(26-46(37)54)53-44-24-33(16-18-38(44)39-20-29-10-4-7-13-32(29)23-45(39)53)42-28-49-40-21-30-11-5-6-12-31(30)22-41(40)51-42;1-2-6-18-12-25-23(11-17(18)5-1)22-10-9-21(15-24(22)30-25)28-16-29-26-13-19-7-3-4-8-20(19)14-27(26)31-28;1-21(2,3)14-10-11-23-20(12-14)24-18-7-5-4-6-16(18)17-9-8-15(22)13-19(17)24;1-4(2,3)5;/h4-28H,1-3H3;1-16,30H;4-13H,1-3H3;1-3H3;/q;;;-1;+1. The van der Waals surface area contributed by atoms with Crippen LogP contribution in [0.4, 0.5) is 0 Å². The van der Waals surface area contributed by atoms with Crippen molar-refractivity contribution in [3.8, 4) is 39.8 Å². The Bertz CT molecular complexity index is 7620. The fourth-order valence-corrected chi connectivity index (χ4v) is 16.3. The maximum absolute atomic E-state index is 10.1. The zero-order chi connectivity index (χ0) is 77.9. The maximum atomic E-state index is 10.1. The first-order valence-electron chi connectivity index (χ1n) is 38.6. The van der Waals surface area contributed by atoms with Crippen molar-refractivity contribution in [2.45, 2.75) is 78.7 Å². The minimum Gasteiger partial charge on any atom is -0.850 e. The van der Waals surface area contributed by atoms with Crippen LogP contribution in [0.5, 0.6) is 0 Å². The van der Waals surface area contributed by atoms with E-state index in [1.165, 1.54) is 92.0 Å². The SMILES string of the molecule is CC(C)(C)[O-].CC(C)(C)c1ccnc(-n2c3ccccc3c3ccc(Br)cc32)c1.CC(C)(C)c1cnnc(-n2c3ccccc3c3ccc(-n4c5cc(-c6cnc7cc8ccccc8cc7n6)ccc5c5cc6ccccc6cc54)cc32)c1.[Na+].c1ccc2cc3nc(-c4ccc5c(c4)[nH]c4cc6ccccc6cc45)cnc3cc2c1. The molecular weight excluding hydrogens is 1490 g/mol. The predicted molar refractivity (Wildman–Crippen MR) is 477 cm³/mol. The molecule has 12 nitrogen and oxygen atoms in total. The average Bonchev–Trinajstić information content (AvgIpc) is 1.57.